The standard InChI is InChI=1S/C18H27F3N4O2.C7H6N2.C2H6/c1-3-5-10-25(9-4-2)11-8-14(26)22-13-7-6-12-15(18(19,20)21)17(27)24-23-16(12)13;1-6-2-3-7(4-8)5-9-6;1-2/h13H,3-11H2,1-2H3,(H,22,26)(H,24,27);2-3,5H,1H3;1-2H3. The van der Waals surface area contributed by atoms with Gasteiger partial charge < -0.3 is 10.2 Å². The first-order valence-electron chi connectivity index (χ1n) is 13.1. The average molecular weight is 537 g/mol. The van der Waals surface area contributed by atoms with Crippen LogP contribution in [0.2, 0.25) is 0 Å². The number of carbonyl (C=O) groups excluding carboxylic acids is 1. The fourth-order valence-corrected chi connectivity index (χ4v) is 4.00. The van der Waals surface area contributed by atoms with Crippen LogP contribution >= 0.6 is 0 Å². The summed E-state index contributed by atoms with van der Waals surface area (Å²) in [6.45, 7) is 12.5. The van der Waals surface area contributed by atoms with E-state index in [1.54, 1.807) is 12.3 Å². The third kappa shape index (κ3) is 10.2. The molecule has 0 aromatic carbocycles. The lowest BCUT2D eigenvalue weighted by Gasteiger charge is -2.21. The topological polar surface area (TPSA) is 115 Å². The fourth-order valence-electron chi connectivity index (χ4n) is 4.00. The third-order valence-corrected chi connectivity index (χ3v) is 5.81. The molecule has 2 heterocycles. The van der Waals surface area contributed by atoms with Crippen molar-refractivity contribution in [3.63, 3.8) is 0 Å². The van der Waals surface area contributed by atoms with Crippen LogP contribution < -0.4 is 10.9 Å². The minimum atomic E-state index is -4.74. The Morgan fingerprint density at radius 1 is 1.21 bits per heavy atom. The number of H-pyrrole nitrogens is 1. The van der Waals surface area contributed by atoms with E-state index in [0.29, 0.717) is 18.5 Å². The van der Waals surface area contributed by atoms with Gasteiger partial charge in [0.25, 0.3) is 5.56 Å². The number of nitrogens with zero attached hydrogens (tertiary/aromatic N) is 4. The highest BCUT2D eigenvalue weighted by molar-refractivity contribution is 5.76. The van der Waals surface area contributed by atoms with Crippen molar-refractivity contribution in [1.82, 2.24) is 25.4 Å². The number of rotatable bonds is 9. The van der Waals surface area contributed by atoms with Crippen molar-refractivity contribution in [3.8, 4) is 6.07 Å². The van der Waals surface area contributed by atoms with Gasteiger partial charge in [-0.3, -0.25) is 14.6 Å². The number of aromatic amines is 1. The van der Waals surface area contributed by atoms with Crippen LogP contribution in [0.25, 0.3) is 0 Å². The molecule has 1 atom stereocenters. The molecule has 210 valence electrons. The summed E-state index contributed by atoms with van der Waals surface area (Å²) in [6, 6.07) is 4.97. The summed E-state index contributed by atoms with van der Waals surface area (Å²) in [6.07, 6.45) is 0.637. The van der Waals surface area contributed by atoms with E-state index in [2.05, 4.69) is 34.1 Å². The van der Waals surface area contributed by atoms with Crippen molar-refractivity contribution in [2.45, 2.75) is 85.4 Å². The Balaban J connectivity index is 0.000000548. The Kier molecular flexibility index (Phi) is 14.3. The van der Waals surface area contributed by atoms with E-state index in [1.807, 2.05) is 38.0 Å². The van der Waals surface area contributed by atoms with E-state index in [-0.39, 0.29) is 30.0 Å². The normalized spacial score (nSPS) is 13.9. The lowest BCUT2D eigenvalue weighted by molar-refractivity contribution is -0.139. The number of fused-ring (bicyclic) bond motifs is 1. The summed E-state index contributed by atoms with van der Waals surface area (Å²) < 4.78 is 39.4. The summed E-state index contributed by atoms with van der Waals surface area (Å²) in [5, 5.41) is 16.8. The molecule has 1 aliphatic carbocycles. The van der Waals surface area contributed by atoms with Crippen molar-refractivity contribution in [2.24, 2.45) is 0 Å². The van der Waals surface area contributed by atoms with Crippen LogP contribution in [0.3, 0.4) is 0 Å². The smallest absolute Gasteiger partial charge is 0.348 e. The maximum Gasteiger partial charge on any atom is 0.422 e. The molecular weight excluding hydrogens is 497 g/mol. The highest BCUT2D eigenvalue weighted by Crippen LogP contribution is 2.37. The van der Waals surface area contributed by atoms with Crippen molar-refractivity contribution < 1.29 is 18.0 Å². The number of nitriles is 1. The predicted molar refractivity (Wildman–Crippen MR) is 140 cm³/mol. The number of pyridine rings is 1. The molecule has 1 aliphatic rings. The van der Waals surface area contributed by atoms with Crippen LogP contribution in [-0.4, -0.2) is 45.6 Å². The Morgan fingerprint density at radius 2 is 1.92 bits per heavy atom. The molecule has 0 saturated carbocycles. The monoisotopic (exact) mass is 536 g/mol. The first-order chi connectivity index (χ1) is 18.1. The number of hydrogen-bond donors (Lipinski definition) is 2. The van der Waals surface area contributed by atoms with Gasteiger partial charge in [-0.25, -0.2) is 5.10 Å². The Bertz CT molecular complexity index is 1090. The summed E-state index contributed by atoms with van der Waals surface area (Å²) in [7, 11) is 0. The number of unbranched alkanes of at least 4 members (excludes halogenated alkanes) is 1. The number of aryl methyl sites for hydroxylation is 1. The zero-order chi connectivity index (χ0) is 28.7. The lowest BCUT2D eigenvalue weighted by Crippen LogP contribution is -2.34. The van der Waals surface area contributed by atoms with Gasteiger partial charge in [-0.05, 0) is 63.4 Å². The number of aromatic nitrogens is 3. The van der Waals surface area contributed by atoms with Gasteiger partial charge in [-0.15, -0.1) is 0 Å². The van der Waals surface area contributed by atoms with Crippen LogP contribution in [0.5, 0.6) is 0 Å². The zero-order valence-corrected chi connectivity index (χ0v) is 22.9. The molecular formula is C27H39F3N6O2. The highest BCUT2D eigenvalue weighted by Gasteiger charge is 2.41. The highest BCUT2D eigenvalue weighted by atomic mass is 19.4. The number of amides is 1. The first kappa shape index (κ1) is 32.8. The Labute approximate surface area is 222 Å². The molecule has 2 N–H and O–H groups in total. The van der Waals surface area contributed by atoms with Crippen molar-refractivity contribution >= 4 is 5.91 Å². The van der Waals surface area contributed by atoms with Gasteiger partial charge in [-0.2, -0.15) is 23.5 Å². The summed E-state index contributed by atoms with van der Waals surface area (Å²) in [5.74, 6) is -0.216. The SMILES string of the molecule is CC.CCCCN(CCC)CCC(=O)NC1CCc2c1n[nH]c(=O)c2C(F)(F)F.Cc1ccc(C#N)cn1. The molecule has 2 aromatic rings. The van der Waals surface area contributed by atoms with Gasteiger partial charge in [0, 0.05) is 24.9 Å². The maximum atomic E-state index is 13.1. The van der Waals surface area contributed by atoms with E-state index >= 15 is 0 Å². The maximum absolute atomic E-state index is 13.1. The molecule has 3 rings (SSSR count). The minimum absolute atomic E-state index is 0.0739. The molecule has 8 nitrogen and oxygen atoms in total. The Hall–Kier alpha value is -3.26. The molecule has 0 aliphatic heterocycles. The molecule has 11 heteroatoms. The van der Waals surface area contributed by atoms with Crippen LogP contribution in [0.4, 0.5) is 13.2 Å². The second-order valence-electron chi connectivity index (χ2n) is 8.69. The molecule has 2 aromatic heterocycles. The number of nitrogens with one attached hydrogen (secondary N) is 2. The van der Waals surface area contributed by atoms with Gasteiger partial charge in [0.1, 0.15) is 11.6 Å². The van der Waals surface area contributed by atoms with Crippen molar-refractivity contribution in [2.75, 3.05) is 19.6 Å². The molecule has 0 bridgehead atoms. The van der Waals surface area contributed by atoms with Crippen molar-refractivity contribution in [3.05, 3.63) is 56.8 Å². The van der Waals surface area contributed by atoms with Gasteiger partial charge in [0.05, 0.1) is 17.3 Å². The summed E-state index contributed by atoms with van der Waals surface area (Å²) in [5.41, 5.74) is -0.870. The molecule has 0 spiro atoms. The van der Waals surface area contributed by atoms with Gasteiger partial charge in [-0.1, -0.05) is 34.1 Å². The summed E-state index contributed by atoms with van der Waals surface area (Å²) in [4.78, 5) is 30.0. The van der Waals surface area contributed by atoms with Gasteiger partial charge in [0.15, 0.2) is 0 Å². The minimum Gasteiger partial charge on any atom is -0.348 e. The molecule has 1 amide bonds. The molecule has 0 fully saturated rings. The fraction of sp³-hybridized carbons (Fsp3) is 0.593. The number of alkyl halides is 3. The van der Waals surface area contributed by atoms with Crippen LogP contribution in [0.15, 0.2) is 23.1 Å². The van der Waals surface area contributed by atoms with Gasteiger partial charge in [0.2, 0.25) is 5.91 Å². The largest absolute Gasteiger partial charge is 0.422 e. The lowest BCUT2D eigenvalue weighted by atomic mass is 10.1. The zero-order valence-electron chi connectivity index (χ0n) is 22.9. The molecule has 38 heavy (non-hydrogen) atoms. The van der Waals surface area contributed by atoms with Gasteiger partial charge >= 0.3 is 6.18 Å². The summed E-state index contributed by atoms with van der Waals surface area (Å²) >= 11 is 0. The average Bonchev–Trinajstić information content (AvgIpc) is 3.28. The first-order valence-corrected chi connectivity index (χ1v) is 13.1. The quantitative estimate of drug-likeness (QED) is 0.462. The van der Waals surface area contributed by atoms with Crippen LogP contribution in [0, 0.1) is 18.3 Å². The Morgan fingerprint density at radius 3 is 2.47 bits per heavy atom. The van der Waals surface area contributed by atoms with Crippen LogP contribution in [0.1, 0.15) is 93.9 Å². The third-order valence-electron chi connectivity index (χ3n) is 5.81. The van der Waals surface area contributed by atoms with E-state index < -0.39 is 23.3 Å². The molecule has 1 unspecified atom stereocenters. The number of halogens is 3. The number of hydrogen-bond acceptors (Lipinski definition) is 6. The number of carbonyl (C=O) groups is 1. The second kappa shape index (κ2) is 16.6. The molecule has 0 saturated heterocycles. The van der Waals surface area contributed by atoms with E-state index in [4.69, 9.17) is 5.26 Å². The second-order valence-corrected chi connectivity index (χ2v) is 8.69. The van der Waals surface area contributed by atoms with E-state index in [1.165, 1.54) is 0 Å². The van der Waals surface area contributed by atoms with Crippen molar-refractivity contribution in [1.29, 1.82) is 5.26 Å². The molecule has 0 radical (unpaired) electrons. The van der Waals surface area contributed by atoms with E-state index in [9.17, 15) is 22.8 Å². The van der Waals surface area contributed by atoms with Crippen LogP contribution in [-0.2, 0) is 17.4 Å². The van der Waals surface area contributed by atoms with E-state index in [0.717, 1.165) is 38.0 Å². The predicted octanol–water partition coefficient (Wildman–Crippen LogP) is 5.08.